The summed E-state index contributed by atoms with van der Waals surface area (Å²) in [6.45, 7) is 1.89. The zero-order chi connectivity index (χ0) is 15.1. The number of rotatable bonds is 7. The molecule has 6 heteroatoms. The summed E-state index contributed by atoms with van der Waals surface area (Å²) in [5.41, 5.74) is -0.0300. The molecule has 21 heavy (non-hydrogen) atoms. The number of hydrogen-bond donors (Lipinski definition) is 2. The first-order chi connectivity index (χ1) is 10.2. The van der Waals surface area contributed by atoms with E-state index in [-0.39, 0.29) is 5.69 Å². The van der Waals surface area contributed by atoms with Crippen LogP contribution in [0.1, 0.15) is 49.0 Å². The molecule has 1 heterocycles. The van der Waals surface area contributed by atoms with Crippen molar-refractivity contribution in [3.8, 4) is 0 Å². The first-order valence-electron chi connectivity index (χ1n) is 7.66. The summed E-state index contributed by atoms with van der Waals surface area (Å²) in [5.74, 6) is -0.427. The van der Waals surface area contributed by atoms with E-state index >= 15 is 0 Å². The zero-order valence-corrected chi connectivity index (χ0v) is 12.6. The van der Waals surface area contributed by atoms with Crippen LogP contribution < -0.4 is 5.32 Å². The second-order valence-electron chi connectivity index (χ2n) is 5.64. The Morgan fingerprint density at radius 3 is 2.71 bits per heavy atom. The van der Waals surface area contributed by atoms with Gasteiger partial charge < -0.3 is 15.3 Å². The lowest BCUT2D eigenvalue weighted by atomic mass is 9.94. The van der Waals surface area contributed by atoms with E-state index in [2.05, 4.69) is 27.2 Å². The number of nitrogens with zero attached hydrogens (tertiary/aromatic N) is 3. The molecule has 1 aliphatic rings. The van der Waals surface area contributed by atoms with Crippen LogP contribution in [0.3, 0.4) is 0 Å². The molecule has 0 bridgehead atoms. The second kappa shape index (κ2) is 7.93. The Bertz CT molecular complexity index is 443. The lowest BCUT2D eigenvalue weighted by Crippen LogP contribution is -2.34. The predicted octanol–water partition coefficient (Wildman–Crippen LogP) is 2.24. The largest absolute Gasteiger partial charge is 0.476 e. The van der Waals surface area contributed by atoms with Crippen LogP contribution in [-0.4, -0.2) is 52.1 Å². The molecule has 1 aliphatic carbocycles. The molecule has 6 nitrogen and oxygen atoms in total. The molecular weight excluding hydrogens is 268 g/mol. The van der Waals surface area contributed by atoms with Crippen molar-refractivity contribution in [3.05, 3.63) is 18.1 Å². The Morgan fingerprint density at radius 2 is 2.10 bits per heavy atom. The normalized spacial score (nSPS) is 16.1. The highest BCUT2D eigenvalue weighted by molar-refractivity contribution is 5.84. The number of carboxylic acids is 1. The number of anilines is 1. The van der Waals surface area contributed by atoms with Gasteiger partial charge in [-0.2, -0.15) is 0 Å². The first-order valence-corrected chi connectivity index (χ1v) is 7.66. The van der Waals surface area contributed by atoms with Crippen LogP contribution in [0.4, 0.5) is 5.82 Å². The van der Waals surface area contributed by atoms with E-state index in [1.54, 1.807) is 0 Å². The molecule has 0 atom stereocenters. The predicted molar refractivity (Wildman–Crippen MR) is 81.6 cm³/mol. The smallest absolute Gasteiger partial charge is 0.356 e. The van der Waals surface area contributed by atoms with Gasteiger partial charge in [-0.15, -0.1) is 0 Å². The van der Waals surface area contributed by atoms with Crippen LogP contribution in [0.15, 0.2) is 12.4 Å². The molecule has 0 amide bonds. The molecular formula is C15H24N4O2. The topological polar surface area (TPSA) is 78.4 Å². The maximum Gasteiger partial charge on any atom is 0.356 e. The van der Waals surface area contributed by atoms with Crippen LogP contribution >= 0.6 is 0 Å². The third kappa shape index (κ3) is 4.97. The van der Waals surface area contributed by atoms with Gasteiger partial charge in [0.1, 0.15) is 5.82 Å². The van der Waals surface area contributed by atoms with E-state index in [1.165, 1.54) is 44.5 Å². The highest BCUT2D eigenvalue weighted by Gasteiger charge is 2.17. The number of hydrogen-bond acceptors (Lipinski definition) is 5. The molecule has 1 fully saturated rings. The molecule has 1 aromatic heterocycles. The summed E-state index contributed by atoms with van der Waals surface area (Å²) < 4.78 is 0. The van der Waals surface area contributed by atoms with Crippen LogP contribution in [-0.2, 0) is 0 Å². The van der Waals surface area contributed by atoms with Crippen molar-refractivity contribution >= 4 is 11.8 Å². The van der Waals surface area contributed by atoms with Crippen LogP contribution in [0.5, 0.6) is 0 Å². The van der Waals surface area contributed by atoms with Crippen molar-refractivity contribution in [1.82, 2.24) is 14.9 Å². The molecule has 2 N–H and O–H groups in total. The van der Waals surface area contributed by atoms with Crippen molar-refractivity contribution in [1.29, 1.82) is 0 Å². The van der Waals surface area contributed by atoms with E-state index in [9.17, 15) is 4.79 Å². The fraction of sp³-hybridized carbons (Fsp3) is 0.667. The van der Waals surface area contributed by atoms with Gasteiger partial charge in [0.05, 0.1) is 12.4 Å². The van der Waals surface area contributed by atoms with Gasteiger partial charge in [-0.25, -0.2) is 14.8 Å². The SMILES string of the molecule is CN(CCCNc1cnc(C(=O)O)cn1)C1CCCCC1. The molecule has 0 radical (unpaired) electrons. The molecule has 0 aromatic carbocycles. The Balaban J connectivity index is 1.65. The number of carbonyl (C=O) groups is 1. The molecule has 0 saturated heterocycles. The molecule has 0 spiro atoms. The number of aromatic carboxylic acids is 1. The second-order valence-corrected chi connectivity index (χ2v) is 5.64. The molecule has 1 saturated carbocycles. The lowest BCUT2D eigenvalue weighted by molar-refractivity contribution is 0.0690. The maximum atomic E-state index is 10.7. The Hall–Kier alpha value is -1.69. The summed E-state index contributed by atoms with van der Waals surface area (Å²) in [4.78, 5) is 21.0. The highest BCUT2D eigenvalue weighted by atomic mass is 16.4. The van der Waals surface area contributed by atoms with Gasteiger partial charge in [0, 0.05) is 12.6 Å². The summed E-state index contributed by atoms with van der Waals surface area (Å²) in [6.07, 6.45) is 10.5. The summed E-state index contributed by atoms with van der Waals surface area (Å²) in [7, 11) is 2.21. The van der Waals surface area contributed by atoms with Crippen LogP contribution in [0.25, 0.3) is 0 Å². The Labute approximate surface area is 125 Å². The average molecular weight is 292 g/mol. The van der Waals surface area contributed by atoms with Crippen LogP contribution in [0.2, 0.25) is 0 Å². The summed E-state index contributed by atoms with van der Waals surface area (Å²) >= 11 is 0. The lowest BCUT2D eigenvalue weighted by Gasteiger charge is -2.31. The molecule has 0 aliphatic heterocycles. The fourth-order valence-electron chi connectivity index (χ4n) is 2.78. The van der Waals surface area contributed by atoms with E-state index < -0.39 is 5.97 Å². The van der Waals surface area contributed by atoms with Gasteiger partial charge in [0.2, 0.25) is 0 Å². The van der Waals surface area contributed by atoms with Gasteiger partial charge >= 0.3 is 5.97 Å². The van der Waals surface area contributed by atoms with Crippen molar-refractivity contribution in [2.45, 2.75) is 44.6 Å². The standard InChI is InChI=1S/C15H24N4O2/c1-19(12-6-3-2-4-7-12)9-5-8-16-14-11-17-13(10-18-14)15(20)21/h10-12H,2-9H2,1H3,(H,16,18)(H,20,21). The van der Waals surface area contributed by atoms with Gasteiger partial charge in [-0.3, -0.25) is 0 Å². The van der Waals surface area contributed by atoms with E-state index in [1.807, 2.05) is 0 Å². The van der Waals surface area contributed by atoms with Gasteiger partial charge in [0.15, 0.2) is 5.69 Å². The molecule has 116 valence electrons. The maximum absolute atomic E-state index is 10.7. The molecule has 1 aromatic rings. The average Bonchev–Trinajstić information content (AvgIpc) is 2.52. The van der Waals surface area contributed by atoms with Crippen molar-refractivity contribution in [2.75, 3.05) is 25.5 Å². The third-order valence-electron chi connectivity index (χ3n) is 4.06. The number of aromatic nitrogens is 2. The minimum Gasteiger partial charge on any atom is -0.476 e. The van der Waals surface area contributed by atoms with Crippen molar-refractivity contribution < 1.29 is 9.90 Å². The minimum atomic E-state index is -1.05. The van der Waals surface area contributed by atoms with Crippen molar-refractivity contribution in [2.24, 2.45) is 0 Å². The van der Waals surface area contributed by atoms with E-state index in [4.69, 9.17) is 5.11 Å². The first kappa shape index (κ1) is 15.7. The fourth-order valence-corrected chi connectivity index (χ4v) is 2.78. The van der Waals surface area contributed by atoms with Crippen molar-refractivity contribution in [3.63, 3.8) is 0 Å². The quantitative estimate of drug-likeness (QED) is 0.750. The molecule has 2 rings (SSSR count). The van der Waals surface area contributed by atoms with Crippen LogP contribution in [0, 0.1) is 0 Å². The zero-order valence-electron chi connectivity index (χ0n) is 12.6. The van der Waals surface area contributed by atoms with Gasteiger partial charge in [-0.05, 0) is 32.9 Å². The van der Waals surface area contributed by atoms with Gasteiger partial charge in [0.25, 0.3) is 0 Å². The third-order valence-corrected chi connectivity index (χ3v) is 4.06. The van der Waals surface area contributed by atoms with Gasteiger partial charge in [-0.1, -0.05) is 19.3 Å². The van der Waals surface area contributed by atoms with E-state index in [0.717, 1.165) is 25.6 Å². The Kier molecular flexibility index (Phi) is 5.92. The number of nitrogens with one attached hydrogen (secondary N) is 1. The minimum absolute atomic E-state index is 0.0300. The highest BCUT2D eigenvalue weighted by Crippen LogP contribution is 2.21. The molecule has 0 unspecified atom stereocenters. The monoisotopic (exact) mass is 292 g/mol. The van der Waals surface area contributed by atoms with E-state index in [0.29, 0.717) is 5.82 Å². The number of carboxylic acid groups (broad SMARTS) is 1. The summed E-state index contributed by atoms with van der Waals surface area (Å²) in [5, 5.41) is 11.9. The summed E-state index contributed by atoms with van der Waals surface area (Å²) in [6, 6.07) is 0.744. The Morgan fingerprint density at radius 1 is 1.33 bits per heavy atom.